The minimum atomic E-state index is -4.15. The summed E-state index contributed by atoms with van der Waals surface area (Å²) in [6.45, 7) is -0.581. The van der Waals surface area contributed by atoms with Crippen LogP contribution in [-0.4, -0.2) is 41.4 Å². The Morgan fingerprint density at radius 3 is 2.23 bits per heavy atom. The summed E-state index contributed by atoms with van der Waals surface area (Å²) in [7, 11) is -6.61. The molecule has 0 radical (unpaired) electrons. The maximum absolute atomic E-state index is 13.5. The van der Waals surface area contributed by atoms with Gasteiger partial charge < -0.3 is 10.1 Å². The van der Waals surface area contributed by atoms with Crippen LogP contribution in [0, 0.1) is 0 Å². The first-order valence-corrected chi connectivity index (χ1v) is 14.6. The highest BCUT2D eigenvalue weighted by Crippen LogP contribution is 2.32. The number of pyridine rings is 1. The van der Waals surface area contributed by atoms with Gasteiger partial charge in [-0.3, -0.25) is 18.8 Å². The molecule has 3 aromatic carbocycles. The first kappa shape index (κ1) is 27.9. The second-order valence-corrected chi connectivity index (χ2v) is 12.0. The molecule has 0 aliphatic rings. The number of methoxy groups -OCH3 is 1. The van der Waals surface area contributed by atoms with Gasteiger partial charge in [-0.2, -0.15) is 0 Å². The van der Waals surface area contributed by atoms with Crippen LogP contribution in [0.2, 0.25) is 5.02 Å². The number of benzene rings is 3. The lowest BCUT2D eigenvalue weighted by atomic mass is 10.3. The number of hydrogen-bond acceptors (Lipinski definition) is 7. The second-order valence-electron chi connectivity index (χ2n) is 8.06. The lowest BCUT2D eigenvalue weighted by Gasteiger charge is -2.24. The predicted molar refractivity (Wildman–Crippen MR) is 149 cm³/mol. The average Bonchev–Trinajstić information content (AvgIpc) is 2.93. The molecular weight excluding hydrogens is 564 g/mol. The highest BCUT2D eigenvalue weighted by atomic mass is 35.5. The van der Waals surface area contributed by atoms with Gasteiger partial charge in [0.2, 0.25) is 5.91 Å². The number of rotatable bonds is 10. The van der Waals surface area contributed by atoms with Crippen LogP contribution in [0.3, 0.4) is 0 Å². The topological polar surface area (TPSA) is 135 Å². The Morgan fingerprint density at radius 2 is 1.62 bits per heavy atom. The normalized spacial score (nSPS) is 11.4. The van der Waals surface area contributed by atoms with Gasteiger partial charge in [-0.1, -0.05) is 29.8 Å². The average molecular weight is 587 g/mol. The van der Waals surface area contributed by atoms with Crippen LogP contribution in [0.25, 0.3) is 0 Å². The zero-order chi connectivity index (χ0) is 28.0. The first-order chi connectivity index (χ1) is 18.6. The van der Waals surface area contributed by atoms with Gasteiger partial charge in [0.25, 0.3) is 20.0 Å². The summed E-state index contributed by atoms with van der Waals surface area (Å²) in [4.78, 5) is 16.8. The van der Waals surface area contributed by atoms with Crippen molar-refractivity contribution in [1.82, 2.24) is 4.98 Å². The summed E-state index contributed by atoms with van der Waals surface area (Å²) in [5.41, 5.74) is 0.723. The number of nitrogens with one attached hydrogen (secondary N) is 2. The molecule has 13 heteroatoms. The quantitative estimate of drug-likeness (QED) is 0.281. The lowest BCUT2D eigenvalue weighted by Crippen LogP contribution is -2.38. The van der Waals surface area contributed by atoms with Crippen molar-refractivity contribution < 1.29 is 26.4 Å². The fourth-order valence-electron chi connectivity index (χ4n) is 3.53. The van der Waals surface area contributed by atoms with Crippen molar-refractivity contribution in [3.8, 4) is 5.75 Å². The Labute approximate surface area is 231 Å². The minimum absolute atomic E-state index is 0.0135. The Kier molecular flexibility index (Phi) is 8.38. The largest absolute Gasteiger partial charge is 0.495 e. The standard InChI is InChI=1S/C26H23ClN4O6S2/c1-37-25-14-11-21(16-24(25)27)31(39(35,36)23-7-3-2-4-8-23)18-26(32)29-19-9-12-22(13-10-19)38(33,34)30-20-6-5-15-28-17-20/h2-17,30H,18H2,1H3,(H,29,32). The van der Waals surface area contributed by atoms with Crippen molar-refractivity contribution in [2.45, 2.75) is 9.79 Å². The van der Waals surface area contributed by atoms with Crippen LogP contribution < -0.4 is 19.1 Å². The maximum atomic E-state index is 13.5. The van der Waals surface area contributed by atoms with Crippen LogP contribution in [0.5, 0.6) is 5.75 Å². The number of hydrogen-bond donors (Lipinski definition) is 2. The highest BCUT2D eigenvalue weighted by molar-refractivity contribution is 7.93. The molecule has 0 saturated heterocycles. The van der Waals surface area contributed by atoms with E-state index in [1.54, 1.807) is 30.3 Å². The Hall–Kier alpha value is -4.13. The van der Waals surface area contributed by atoms with Crippen molar-refractivity contribution in [1.29, 1.82) is 0 Å². The summed E-state index contributed by atoms with van der Waals surface area (Å²) in [6.07, 6.45) is 2.89. The van der Waals surface area contributed by atoms with Gasteiger partial charge in [0.05, 0.1) is 39.5 Å². The van der Waals surface area contributed by atoms with E-state index in [1.807, 2.05) is 0 Å². The molecule has 10 nitrogen and oxygen atoms in total. The molecule has 0 saturated carbocycles. The molecular formula is C26H23ClN4O6S2. The molecule has 202 valence electrons. The first-order valence-electron chi connectivity index (χ1n) is 11.3. The number of anilines is 3. The number of nitrogens with zero attached hydrogens (tertiary/aromatic N) is 2. The summed E-state index contributed by atoms with van der Waals surface area (Å²) in [5, 5.41) is 2.77. The van der Waals surface area contributed by atoms with E-state index in [9.17, 15) is 21.6 Å². The van der Waals surface area contributed by atoms with Crippen molar-refractivity contribution >= 4 is 54.6 Å². The third-order valence-electron chi connectivity index (χ3n) is 5.40. The van der Waals surface area contributed by atoms with Gasteiger partial charge in [-0.15, -0.1) is 0 Å². The number of halogens is 1. The van der Waals surface area contributed by atoms with E-state index >= 15 is 0 Å². The molecule has 0 aliphatic carbocycles. The van der Waals surface area contributed by atoms with Gasteiger partial charge >= 0.3 is 0 Å². The molecule has 2 N–H and O–H groups in total. The monoisotopic (exact) mass is 586 g/mol. The van der Waals surface area contributed by atoms with Crippen LogP contribution in [-0.2, 0) is 24.8 Å². The fraction of sp³-hybridized carbons (Fsp3) is 0.0769. The highest BCUT2D eigenvalue weighted by Gasteiger charge is 2.28. The molecule has 1 heterocycles. The van der Waals surface area contributed by atoms with E-state index in [0.717, 1.165) is 4.31 Å². The smallest absolute Gasteiger partial charge is 0.264 e. The third-order valence-corrected chi connectivity index (χ3v) is 8.88. The van der Waals surface area contributed by atoms with E-state index in [0.29, 0.717) is 11.4 Å². The SMILES string of the molecule is COc1ccc(N(CC(=O)Nc2ccc(S(=O)(=O)Nc3cccnc3)cc2)S(=O)(=O)c2ccccc2)cc1Cl. The Morgan fingerprint density at radius 1 is 0.897 bits per heavy atom. The lowest BCUT2D eigenvalue weighted by molar-refractivity contribution is -0.114. The molecule has 4 rings (SSSR count). The van der Waals surface area contributed by atoms with Crippen LogP contribution in [0.4, 0.5) is 17.1 Å². The summed E-state index contributed by atoms with van der Waals surface area (Å²) in [6, 6.07) is 20.6. The summed E-state index contributed by atoms with van der Waals surface area (Å²) < 4.78 is 60.7. The van der Waals surface area contributed by atoms with Crippen molar-refractivity contribution in [3.63, 3.8) is 0 Å². The third kappa shape index (κ3) is 6.66. The van der Waals surface area contributed by atoms with Crippen LogP contribution in [0.15, 0.2) is 107 Å². The number of carbonyl (C=O) groups is 1. The summed E-state index contributed by atoms with van der Waals surface area (Å²) in [5.74, 6) is -0.319. The van der Waals surface area contributed by atoms with E-state index in [4.69, 9.17) is 16.3 Å². The second kappa shape index (κ2) is 11.7. The van der Waals surface area contributed by atoms with E-state index in [-0.39, 0.29) is 26.2 Å². The zero-order valence-corrected chi connectivity index (χ0v) is 22.9. The number of sulfonamides is 2. The minimum Gasteiger partial charge on any atom is -0.495 e. The van der Waals surface area contributed by atoms with Gasteiger partial charge in [0, 0.05) is 11.9 Å². The molecule has 0 aliphatic heterocycles. The molecule has 0 unspecified atom stereocenters. The van der Waals surface area contributed by atoms with Crippen molar-refractivity contribution in [2.24, 2.45) is 0 Å². The molecule has 1 aromatic heterocycles. The molecule has 4 aromatic rings. The molecule has 0 fully saturated rings. The fourth-order valence-corrected chi connectivity index (χ4v) is 6.26. The van der Waals surface area contributed by atoms with Crippen molar-refractivity contribution in [2.75, 3.05) is 28.0 Å². The predicted octanol–water partition coefficient (Wildman–Crippen LogP) is 4.38. The molecule has 0 bridgehead atoms. The van der Waals surface area contributed by atoms with Crippen molar-refractivity contribution in [3.05, 3.63) is 102 Å². The van der Waals surface area contributed by atoms with E-state index in [1.165, 1.54) is 74.1 Å². The molecule has 39 heavy (non-hydrogen) atoms. The number of aromatic nitrogens is 1. The molecule has 0 spiro atoms. The van der Waals surface area contributed by atoms with Gasteiger partial charge in [-0.05, 0) is 66.7 Å². The summed E-state index contributed by atoms with van der Waals surface area (Å²) >= 11 is 6.23. The molecule has 0 atom stereocenters. The van der Waals surface area contributed by atoms with Crippen LogP contribution in [0.1, 0.15) is 0 Å². The van der Waals surface area contributed by atoms with Gasteiger partial charge in [0.1, 0.15) is 12.3 Å². The number of carbonyl (C=O) groups excluding carboxylic acids is 1. The zero-order valence-electron chi connectivity index (χ0n) is 20.5. The van der Waals surface area contributed by atoms with Crippen LogP contribution >= 0.6 is 11.6 Å². The Balaban J connectivity index is 1.55. The van der Waals surface area contributed by atoms with E-state index < -0.39 is 32.5 Å². The molecule has 1 amide bonds. The number of amides is 1. The number of ether oxygens (including phenoxy) is 1. The van der Waals surface area contributed by atoms with Gasteiger partial charge in [0.15, 0.2) is 0 Å². The van der Waals surface area contributed by atoms with E-state index in [2.05, 4.69) is 15.0 Å². The van der Waals surface area contributed by atoms with Gasteiger partial charge in [-0.25, -0.2) is 16.8 Å². The Bertz CT molecular complexity index is 1670. The maximum Gasteiger partial charge on any atom is 0.264 e.